The zero-order valence-corrected chi connectivity index (χ0v) is 9.97. The van der Waals surface area contributed by atoms with Crippen LogP contribution in [0.5, 0.6) is 5.75 Å². The van der Waals surface area contributed by atoms with Crippen LogP contribution in [0, 0.1) is 0 Å². The van der Waals surface area contributed by atoms with E-state index in [1.807, 2.05) is 0 Å². The number of rotatable bonds is 7. The second kappa shape index (κ2) is 6.88. The molecule has 0 aliphatic rings. The number of hydrogen-bond donors (Lipinski definition) is 2. The minimum Gasteiger partial charge on any atom is -0.496 e. The highest BCUT2D eigenvalue weighted by Gasteiger charge is 2.22. The van der Waals surface area contributed by atoms with Crippen LogP contribution in [0.2, 0.25) is 0 Å². The number of aliphatic carboxylic acids is 1. The smallest absolute Gasteiger partial charge is 0.325 e. The number of methoxy groups -OCH3 is 2. The van der Waals surface area contributed by atoms with E-state index in [2.05, 4.69) is 5.32 Å². The maximum absolute atomic E-state index is 11.2. The molecule has 0 aliphatic heterocycles. The van der Waals surface area contributed by atoms with E-state index < -0.39 is 12.0 Å². The minimum absolute atomic E-state index is 0.457. The van der Waals surface area contributed by atoms with E-state index in [0.717, 1.165) is 0 Å². The van der Waals surface area contributed by atoms with E-state index >= 15 is 0 Å². The lowest BCUT2D eigenvalue weighted by molar-refractivity contribution is -0.139. The summed E-state index contributed by atoms with van der Waals surface area (Å²) in [6, 6.07) is 6.27. The summed E-state index contributed by atoms with van der Waals surface area (Å²) >= 11 is 0. The largest absolute Gasteiger partial charge is 0.496 e. The Morgan fingerprint density at radius 3 is 2.71 bits per heavy atom. The fourth-order valence-electron chi connectivity index (χ4n) is 1.54. The van der Waals surface area contributed by atoms with Gasteiger partial charge in [0.1, 0.15) is 11.8 Å². The summed E-state index contributed by atoms with van der Waals surface area (Å²) in [5, 5.41) is 12.1. The van der Waals surface area contributed by atoms with Gasteiger partial charge in [0.25, 0.3) is 0 Å². The van der Waals surface area contributed by atoms with Crippen LogP contribution in [-0.4, -0.2) is 38.4 Å². The molecule has 1 aromatic rings. The molecule has 0 amide bonds. The lowest BCUT2D eigenvalue weighted by Crippen LogP contribution is -2.31. The SMILES string of the molecule is COCCNC(C(=O)O)c1ccccc1OC. The minimum atomic E-state index is -0.939. The Bertz CT molecular complexity index is 367. The number of para-hydroxylation sites is 1. The summed E-state index contributed by atoms with van der Waals surface area (Å²) in [5.74, 6) is -0.379. The summed E-state index contributed by atoms with van der Waals surface area (Å²) in [5.41, 5.74) is 0.610. The molecule has 1 atom stereocenters. The first kappa shape index (κ1) is 13.5. The molecule has 0 saturated heterocycles. The van der Waals surface area contributed by atoms with Gasteiger partial charge in [-0.25, -0.2) is 0 Å². The van der Waals surface area contributed by atoms with Crippen LogP contribution in [0.4, 0.5) is 0 Å². The topological polar surface area (TPSA) is 67.8 Å². The fourth-order valence-corrected chi connectivity index (χ4v) is 1.54. The molecule has 0 bridgehead atoms. The Balaban J connectivity index is 2.85. The van der Waals surface area contributed by atoms with Gasteiger partial charge in [-0.05, 0) is 6.07 Å². The van der Waals surface area contributed by atoms with Crippen LogP contribution in [0.25, 0.3) is 0 Å². The van der Waals surface area contributed by atoms with Gasteiger partial charge in [0, 0.05) is 19.2 Å². The summed E-state index contributed by atoms with van der Waals surface area (Å²) < 4.78 is 10.0. The standard InChI is InChI=1S/C12H17NO4/c1-16-8-7-13-11(12(14)15)9-5-3-4-6-10(9)17-2/h3-6,11,13H,7-8H2,1-2H3,(H,14,15). The first-order valence-corrected chi connectivity index (χ1v) is 5.28. The van der Waals surface area contributed by atoms with Crippen LogP contribution in [0.1, 0.15) is 11.6 Å². The third-order valence-electron chi connectivity index (χ3n) is 2.35. The Kier molecular flexibility index (Phi) is 5.45. The van der Waals surface area contributed by atoms with Crippen molar-refractivity contribution in [3.05, 3.63) is 29.8 Å². The molecule has 0 aromatic heterocycles. The molecule has 17 heavy (non-hydrogen) atoms. The molecule has 5 nitrogen and oxygen atoms in total. The van der Waals surface area contributed by atoms with Gasteiger partial charge in [0.15, 0.2) is 0 Å². The lowest BCUT2D eigenvalue weighted by Gasteiger charge is -2.17. The van der Waals surface area contributed by atoms with Crippen molar-refractivity contribution in [1.82, 2.24) is 5.32 Å². The first-order chi connectivity index (χ1) is 8.20. The van der Waals surface area contributed by atoms with Crippen molar-refractivity contribution in [3.63, 3.8) is 0 Å². The molecule has 1 unspecified atom stereocenters. The van der Waals surface area contributed by atoms with Crippen LogP contribution in [-0.2, 0) is 9.53 Å². The highest BCUT2D eigenvalue weighted by atomic mass is 16.5. The molecule has 0 heterocycles. The van der Waals surface area contributed by atoms with E-state index in [1.54, 1.807) is 31.4 Å². The van der Waals surface area contributed by atoms with Gasteiger partial charge < -0.3 is 14.6 Å². The molecule has 0 saturated carbocycles. The highest BCUT2D eigenvalue weighted by Crippen LogP contribution is 2.24. The van der Waals surface area contributed by atoms with Crippen molar-refractivity contribution in [2.24, 2.45) is 0 Å². The van der Waals surface area contributed by atoms with E-state index in [0.29, 0.717) is 24.5 Å². The predicted molar refractivity (Wildman–Crippen MR) is 63.2 cm³/mol. The number of carboxylic acids is 1. The van der Waals surface area contributed by atoms with Crippen molar-refractivity contribution in [3.8, 4) is 5.75 Å². The number of carbonyl (C=O) groups is 1. The molecule has 0 radical (unpaired) electrons. The van der Waals surface area contributed by atoms with Gasteiger partial charge >= 0.3 is 5.97 Å². The van der Waals surface area contributed by atoms with E-state index in [9.17, 15) is 9.90 Å². The maximum Gasteiger partial charge on any atom is 0.325 e. The average molecular weight is 239 g/mol. The van der Waals surface area contributed by atoms with Crippen molar-refractivity contribution >= 4 is 5.97 Å². The Hall–Kier alpha value is -1.59. The number of nitrogens with one attached hydrogen (secondary N) is 1. The second-order valence-electron chi connectivity index (χ2n) is 3.46. The third-order valence-corrected chi connectivity index (χ3v) is 2.35. The van der Waals surface area contributed by atoms with Gasteiger partial charge in [-0.1, -0.05) is 18.2 Å². The summed E-state index contributed by atoms with van der Waals surface area (Å²) in [4.78, 5) is 11.2. The average Bonchev–Trinajstić information content (AvgIpc) is 2.34. The molecular formula is C12H17NO4. The van der Waals surface area contributed by atoms with Crippen molar-refractivity contribution in [1.29, 1.82) is 0 Å². The molecule has 2 N–H and O–H groups in total. The Morgan fingerprint density at radius 1 is 1.41 bits per heavy atom. The molecule has 0 aliphatic carbocycles. The summed E-state index contributed by atoms with van der Waals surface area (Å²) in [7, 11) is 3.09. The summed E-state index contributed by atoms with van der Waals surface area (Å²) in [6.07, 6.45) is 0. The van der Waals surface area contributed by atoms with Crippen LogP contribution in [0.15, 0.2) is 24.3 Å². The summed E-state index contributed by atoms with van der Waals surface area (Å²) in [6.45, 7) is 0.921. The van der Waals surface area contributed by atoms with Gasteiger partial charge in [0.05, 0.1) is 13.7 Å². The molecule has 5 heteroatoms. The van der Waals surface area contributed by atoms with E-state index in [1.165, 1.54) is 7.11 Å². The van der Waals surface area contributed by atoms with Crippen molar-refractivity contribution in [2.75, 3.05) is 27.4 Å². The number of hydrogen-bond acceptors (Lipinski definition) is 4. The number of benzene rings is 1. The van der Waals surface area contributed by atoms with Crippen LogP contribution >= 0.6 is 0 Å². The predicted octanol–water partition coefficient (Wildman–Crippen LogP) is 1.06. The first-order valence-electron chi connectivity index (χ1n) is 5.28. The second-order valence-corrected chi connectivity index (χ2v) is 3.46. The third kappa shape index (κ3) is 3.72. The molecular weight excluding hydrogens is 222 g/mol. The quantitative estimate of drug-likeness (QED) is 0.696. The molecule has 0 fully saturated rings. The van der Waals surface area contributed by atoms with Crippen LogP contribution in [0.3, 0.4) is 0 Å². The highest BCUT2D eigenvalue weighted by molar-refractivity contribution is 5.76. The lowest BCUT2D eigenvalue weighted by atomic mass is 10.1. The van der Waals surface area contributed by atoms with Crippen molar-refractivity contribution in [2.45, 2.75) is 6.04 Å². The number of ether oxygens (including phenoxy) is 2. The van der Waals surface area contributed by atoms with Gasteiger partial charge in [-0.2, -0.15) is 0 Å². The van der Waals surface area contributed by atoms with Gasteiger partial charge in [0.2, 0.25) is 0 Å². The Labute approximate surface area is 100 Å². The van der Waals surface area contributed by atoms with E-state index in [-0.39, 0.29) is 0 Å². The monoisotopic (exact) mass is 239 g/mol. The van der Waals surface area contributed by atoms with Gasteiger partial charge in [-0.3, -0.25) is 10.1 Å². The molecule has 1 rings (SSSR count). The zero-order valence-electron chi connectivity index (χ0n) is 9.97. The maximum atomic E-state index is 11.2. The van der Waals surface area contributed by atoms with E-state index in [4.69, 9.17) is 9.47 Å². The molecule has 1 aromatic carbocycles. The number of carboxylic acid groups (broad SMARTS) is 1. The van der Waals surface area contributed by atoms with Crippen LogP contribution < -0.4 is 10.1 Å². The zero-order chi connectivity index (χ0) is 12.7. The van der Waals surface area contributed by atoms with Gasteiger partial charge in [-0.15, -0.1) is 0 Å². The normalized spacial score (nSPS) is 12.1. The molecule has 0 spiro atoms. The van der Waals surface area contributed by atoms with Crippen molar-refractivity contribution < 1.29 is 19.4 Å². The Morgan fingerprint density at radius 2 is 2.12 bits per heavy atom. The fraction of sp³-hybridized carbons (Fsp3) is 0.417. The molecule has 94 valence electrons.